The smallest absolute Gasteiger partial charge is 0.246 e. The fraction of sp³-hybridized carbons (Fsp3) is 0.455. The Balaban J connectivity index is 0.00000180. The van der Waals surface area contributed by atoms with Gasteiger partial charge in [-0.05, 0) is 25.0 Å². The lowest BCUT2D eigenvalue weighted by Gasteiger charge is -2.16. The molecule has 1 aromatic carbocycles. The van der Waals surface area contributed by atoms with Crippen LogP contribution in [0.5, 0.6) is 0 Å². The maximum Gasteiger partial charge on any atom is 0.246 e. The van der Waals surface area contributed by atoms with Gasteiger partial charge in [0.2, 0.25) is 10.0 Å². The van der Waals surface area contributed by atoms with Crippen LogP contribution in [0.2, 0.25) is 0 Å². The number of benzene rings is 1. The normalized spacial score (nSPS) is 20.3. The zero-order chi connectivity index (χ0) is 13.5. The molecule has 0 bridgehead atoms. The van der Waals surface area contributed by atoms with Gasteiger partial charge in [0.1, 0.15) is 16.5 Å². The molecule has 0 saturated carbocycles. The molecular formula is C11H15ClF2N2O2S. The second-order valence-corrected chi connectivity index (χ2v) is 6.35. The Morgan fingerprint density at radius 2 is 1.95 bits per heavy atom. The average molecular weight is 313 g/mol. The molecular weight excluding hydrogens is 298 g/mol. The van der Waals surface area contributed by atoms with E-state index in [0.717, 1.165) is 10.4 Å². The fourth-order valence-electron chi connectivity index (χ4n) is 1.94. The molecule has 4 nitrogen and oxygen atoms in total. The molecule has 108 valence electrons. The fourth-order valence-corrected chi connectivity index (χ4v) is 3.58. The van der Waals surface area contributed by atoms with E-state index in [1.54, 1.807) is 0 Å². The molecule has 19 heavy (non-hydrogen) atoms. The molecule has 1 aliphatic heterocycles. The number of rotatable bonds is 2. The predicted octanol–water partition coefficient (Wildman–Crippen LogP) is 1.42. The average Bonchev–Trinajstić information content (AvgIpc) is 2.70. The van der Waals surface area contributed by atoms with Crippen molar-refractivity contribution in [2.45, 2.75) is 24.3 Å². The van der Waals surface area contributed by atoms with Crippen molar-refractivity contribution in [1.82, 2.24) is 4.31 Å². The lowest BCUT2D eigenvalue weighted by Crippen LogP contribution is -2.32. The second kappa shape index (κ2) is 5.70. The first kappa shape index (κ1) is 16.3. The Kier molecular flexibility index (Phi) is 4.89. The number of aryl methyl sites for hydroxylation is 1. The van der Waals surface area contributed by atoms with Gasteiger partial charge in [-0.1, -0.05) is 0 Å². The Labute approximate surface area is 117 Å². The Morgan fingerprint density at radius 1 is 1.32 bits per heavy atom. The van der Waals surface area contributed by atoms with Gasteiger partial charge in [0, 0.05) is 25.2 Å². The molecule has 0 radical (unpaired) electrons. The Bertz CT molecular complexity index is 580. The van der Waals surface area contributed by atoms with Crippen molar-refractivity contribution in [2.75, 3.05) is 13.1 Å². The number of nitrogens with two attached hydrogens (primary N) is 1. The van der Waals surface area contributed by atoms with E-state index < -0.39 is 26.6 Å². The van der Waals surface area contributed by atoms with Crippen molar-refractivity contribution in [3.05, 3.63) is 29.3 Å². The van der Waals surface area contributed by atoms with Gasteiger partial charge < -0.3 is 5.73 Å². The molecule has 0 spiro atoms. The van der Waals surface area contributed by atoms with E-state index in [0.29, 0.717) is 12.5 Å². The summed E-state index contributed by atoms with van der Waals surface area (Å²) in [5.74, 6) is -1.83. The molecule has 0 amide bonds. The molecule has 0 unspecified atom stereocenters. The Morgan fingerprint density at radius 3 is 2.47 bits per heavy atom. The monoisotopic (exact) mass is 312 g/mol. The van der Waals surface area contributed by atoms with Crippen LogP contribution in [0.25, 0.3) is 0 Å². The summed E-state index contributed by atoms with van der Waals surface area (Å²) in [6.07, 6.45) is 0.543. The van der Waals surface area contributed by atoms with Gasteiger partial charge in [0.25, 0.3) is 0 Å². The summed E-state index contributed by atoms with van der Waals surface area (Å²) in [5.41, 5.74) is 5.73. The highest BCUT2D eigenvalue weighted by Crippen LogP contribution is 2.24. The van der Waals surface area contributed by atoms with Gasteiger partial charge in [-0.2, -0.15) is 4.31 Å². The number of hydrogen-bond donors (Lipinski definition) is 1. The first-order valence-corrected chi connectivity index (χ1v) is 6.98. The zero-order valence-electron chi connectivity index (χ0n) is 10.3. The zero-order valence-corrected chi connectivity index (χ0v) is 11.9. The molecule has 2 N–H and O–H groups in total. The molecule has 1 aliphatic rings. The number of halogens is 3. The van der Waals surface area contributed by atoms with Crippen LogP contribution < -0.4 is 5.73 Å². The summed E-state index contributed by atoms with van der Waals surface area (Å²) in [7, 11) is -3.93. The van der Waals surface area contributed by atoms with E-state index in [1.165, 1.54) is 6.92 Å². The van der Waals surface area contributed by atoms with Crippen LogP contribution in [0.4, 0.5) is 8.78 Å². The van der Waals surface area contributed by atoms with Gasteiger partial charge in [0.05, 0.1) is 0 Å². The van der Waals surface area contributed by atoms with Gasteiger partial charge in [-0.3, -0.25) is 0 Å². The van der Waals surface area contributed by atoms with Crippen molar-refractivity contribution in [2.24, 2.45) is 5.73 Å². The lowest BCUT2D eigenvalue weighted by molar-refractivity contribution is 0.463. The quantitative estimate of drug-likeness (QED) is 0.898. The van der Waals surface area contributed by atoms with Crippen molar-refractivity contribution in [3.63, 3.8) is 0 Å². The minimum Gasteiger partial charge on any atom is -0.326 e. The van der Waals surface area contributed by atoms with Crippen molar-refractivity contribution >= 4 is 22.4 Å². The summed E-state index contributed by atoms with van der Waals surface area (Å²) in [5, 5.41) is 0. The van der Waals surface area contributed by atoms with E-state index in [4.69, 9.17) is 5.73 Å². The number of sulfonamides is 1. The van der Waals surface area contributed by atoms with E-state index in [2.05, 4.69) is 0 Å². The summed E-state index contributed by atoms with van der Waals surface area (Å²) in [6, 6.07) is 1.38. The highest BCUT2D eigenvalue weighted by molar-refractivity contribution is 7.89. The standard InChI is InChI=1S/C11H14F2N2O2S.ClH/c1-7-4-11(10(13)5-9(7)12)18(16,17)15-3-2-8(14)6-15;/h4-5,8H,2-3,6,14H2,1H3;1H/t8-;/m1./s1. The van der Waals surface area contributed by atoms with E-state index in [1.807, 2.05) is 0 Å². The Hall–Kier alpha value is -0.760. The van der Waals surface area contributed by atoms with Gasteiger partial charge in [-0.25, -0.2) is 17.2 Å². The molecule has 0 aromatic heterocycles. The van der Waals surface area contributed by atoms with Crippen molar-refractivity contribution < 1.29 is 17.2 Å². The van der Waals surface area contributed by atoms with Gasteiger partial charge >= 0.3 is 0 Å². The third-order valence-corrected chi connectivity index (χ3v) is 4.90. The van der Waals surface area contributed by atoms with Gasteiger partial charge in [0.15, 0.2) is 0 Å². The molecule has 1 aromatic rings. The van der Waals surface area contributed by atoms with Crippen LogP contribution in [0, 0.1) is 18.6 Å². The minimum absolute atomic E-state index is 0. The lowest BCUT2D eigenvalue weighted by atomic mass is 10.2. The van der Waals surface area contributed by atoms with Crippen molar-refractivity contribution in [3.8, 4) is 0 Å². The maximum absolute atomic E-state index is 13.6. The van der Waals surface area contributed by atoms with Crippen LogP contribution in [0.15, 0.2) is 17.0 Å². The van der Waals surface area contributed by atoms with Crippen molar-refractivity contribution in [1.29, 1.82) is 0 Å². The molecule has 2 rings (SSSR count). The highest BCUT2D eigenvalue weighted by atomic mass is 35.5. The second-order valence-electron chi connectivity index (χ2n) is 4.44. The summed E-state index contributed by atoms with van der Waals surface area (Å²) < 4.78 is 52.2. The van der Waals surface area contributed by atoms with E-state index in [-0.39, 0.29) is 37.1 Å². The van der Waals surface area contributed by atoms with E-state index in [9.17, 15) is 17.2 Å². The first-order chi connectivity index (χ1) is 8.32. The summed E-state index contributed by atoms with van der Waals surface area (Å²) in [4.78, 5) is -0.490. The third-order valence-electron chi connectivity index (χ3n) is 3.02. The minimum atomic E-state index is -3.93. The first-order valence-electron chi connectivity index (χ1n) is 5.53. The largest absolute Gasteiger partial charge is 0.326 e. The summed E-state index contributed by atoms with van der Waals surface area (Å²) >= 11 is 0. The molecule has 1 saturated heterocycles. The van der Waals surface area contributed by atoms with Crippen LogP contribution in [0.1, 0.15) is 12.0 Å². The molecule has 1 fully saturated rings. The SMILES string of the molecule is Cc1cc(S(=O)(=O)N2CC[C@@H](N)C2)c(F)cc1F.Cl. The third kappa shape index (κ3) is 3.05. The van der Waals surface area contributed by atoms with E-state index >= 15 is 0 Å². The van der Waals surface area contributed by atoms with Crippen LogP contribution in [0.3, 0.4) is 0 Å². The predicted molar refractivity (Wildman–Crippen MR) is 69.7 cm³/mol. The summed E-state index contributed by atoms with van der Waals surface area (Å²) in [6.45, 7) is 1.82. The molecule has 1 heterocycles. The molecule has 1 atom stereocenters. The highest BCUT2D eigenvalue weighted by Gasteiger charge is 2.33. The molecule has 8 heteroatoms. The van der Waals surface area contributed by atoms with Crippen LogP contribution in [-0.4, -0.2) is 31.9 Å². The molecule has 0 aliphatic carbocycles. The topological polar surface area (TPSA) is 63.4 Å². The maximum atomic E-state index is 13.6. The number of hydrogen-bond acceptors (Lipinski definition) is 3. The van der Waals surface area contributed by atoms with Crippen LogP contribution >= 0.6 is 12.4 Å². The van der Waals surface area contributed by atoms with Gasteiger partial charge in [-0.15, -0.1) is 12.4 Å². The number of nitrogens with zero attached hydrogens (tertiary/aromatic N) is 1. The van der Waals surface area contributed by atoms with Crippen LogP contribution in [-0.2, 0) is 10.0 Å².